The van der Waals surface area contributed by atoms with Gasteiger partial charge in [-0.2, -0.15) is 0 Å². The van der Waals surface area contributed by atoms with Crippen molar-refractivity contribution in [2.45, 2.75) is 25.8 Å². The number of benzene rings is 1. The van der Waals surface area contributed by atoms with Gasteiger partial charge in [0.1, 0.15) is 5.75 Å². The van der Waals surface area contributed by atoms with Crippen LogP contribution in [0.15, 0.2) is 24.3 Å². The molecule has 0 aliphatic carbocycles. The number of para-hydroxylation sites is 2. The summed E-state index contributed by atoms with van der Waals surface area (Å²) in [4.78, 5) is 4.87. The van der Waals surface area contributed by atoms with E-state index in [2.05, 4.69) is 35.8 Å². The predicted molar refractivity (Wildman–Crippen MR) is 84.5 cm³/mol. The van der Waals surface area contributed by atoms with E-state index in [1.54, 1.807) is 7.11 Å². The van der Waals surface area contributed by atoms with Crippen molar-refractivity contribution in [2.24, 2.45) is 5.73 Å². The van der Waals surface area contributed by atoms with Crippen LogP contribution in [0.5, 0.6) is 5.75 Å². The van der Waals surface area contributed by atoms with Crippen LogP contribution >= 0.6 is 0 Å². The Morgan fingerprint density at radius 2 is 1.85 bits per heavy atom. The molecular weight excluding hydrogens is 250 g/mol. The van der Waals surface area contributed by atoms with Crippen molar-refractivity contribution in [1.82, 2.24) is 4.90 Å². The van der Waals surface area contributed by atoms with Gasteiger partial charge in [0.2, 0.25) is 0 Å². The zero-order chi connectivity index (χ0) is 14.6. The average Bonchev–Trinajstić information content (AvgIpc) is 2.48. The van der Waals surface area contributed by atoms with Gasteiger partial charge in [-0.05, 0) is 25.5 Å². The van der Waals surface area contributed by atoms with E-state index < -0.39 is 0 Å². The zero-order valence-electron chi connectivity index (χ0n) is 12.9. The minimum Gasteiger partial charge on any atom is -0.495 e. The monoisotopic (exact) mass is 277 g/mol. The second-order valence-corrected chi connectivity index (χ2v) is 5.94. The summed E-state index contributed by atoms with van der Waals surface area (Å²) >= 11 is 0. The maximum absolute atomic E-state index is 6.26. The molecule has 1 aromatic carbocycles. The SMILES string of the molecule is CCC(C)(N)CN1CCN(c2ccccc2OC)CC1. The summed E-state index contributed by atoms with van der Waals surface area (Å²) < 4.78 is 5.45. The number of methoxy groups -OCH3 is 1. The van der Waals surface area contributed by atoms with E-state index >= 15 is 0 Å². The topological polar surface area (TPSA) is 41.7 Å². The molecule has 1 saturated heterocycles. The number of rotatable bonds is 5. The Kier molecular flexibility index (Phi) is 4.89. The van der Waals surface area contributed by atoms with Crippen molar-refractivity contribution < 1.29 is 4.74 Å². The molecule has 1 atom stereocenters. The molecule has 0 aromatic heterocycles. The minimum atomic E-state index is -0.0768. The highest BCUT2D eigenvalue weighted by molar-refractivity contribution is 5.58. The molecule has 0 amide bonds. The third-order valence-corrected chi connectivity index (χ3v) is 4.19. The van der Waals surface area contributed by atoms with Crippen molar-refractivity contribution >= 4 is 5.69 Å². The van der Waals surface area contributed by atoms with Crippen LogP contribution in [0.25, 0.3) is 0 Å². The van der Waals surface area contributed by atoms with Crippen molar-refractivity contribution in [3.8, 4) is 5.75 Å². The first kappa shape index (κ1) is 15.1. The second kappa shape index (κ2) is 6.46. The van der Waals surface area contributed by atoms with Gasteiger partial charge in [0.25, 0.3) is 0 Å². The van der Waals surface area contributed by atoms with E-state index in [1.807, 2.05) is 12.1 Å². The quantitative estimate of drug-likeness (QED) is 0.893. The van der Waals surface area contributed by atoms with Crippen LogP contribution in [0.2, 0.25) is 0 Å². The Balaban J connectivity index is 1.94. The molecule has 4 nitrogen and oxygen atoms in total. The van der Waals surface area contributed by atoms with E-state index in [4.69, 9.17) is 10.5 Å². The van der Waals surface area contributed by atoms with Crippen molar-refractivity contribution in [3.05, 3.63) is 24.3 Å². The Bertz CT molecular complexity index is 425. The van der Waals surface area contributed by atoms with Gasteiger partial charge < -0.3 is 15.4 Å². The predicted octanol–water partition coefficient (Wildman–Crippen LogP) is 1.94. The Morgan fingerprint density at radius 3 is 2.45 bits per heavy atom. The normalized spacial score (nSPS) is 19.7. The zero-order valence-corrected chi connectivity index (χ0v) is 12.9. The van der Waals surface area contributed by atoms with Crippen LogP contribution in [0, 0.1) is 0 Å². The van der Waals surface area contributed by atoms with Crippen LogP contribution in [0.3, 0.4) is 0 Å². The highest BCUT2D eigenvalue weighted by Gasteiger charge is 2.24. The lowest BCUT2D eigenvalue weighted by molar-refractivity contribution is 0.202. The number of anilines is 1. The Hall–Kier alpha value is -1.26. The highest BCUT2D eigenvalue weighted by Crippen LogP contribution is 2.28. The summed E-state index contributed by atoms with van der Waals surface area (Å²) in [6.07, 6.45) is 1.01. The summed E-state index contributed by atoms with van der Waals surface area (Å²) in [5, 5.41) is 0. The van der Waals surface area contributed by atoms with Gasteiger partial charge in [0.15, 0.2) is 0 Å². The number of nitrogens with zero attached hydrogens (tertiary/aromatic N) is 2. The molecule has 1 heterocycles. The summed E-state index contributed by atoms with van der Waals surface area (Å²) in [6.45, 7) is 9.45. The van der Waals surface area contributed by atoms with Crippen molar-refractivity contribution in [3.63, 3.8) is 0 Å². The summed E-state index contributed by atoms with van der Waals surface area (Å²) in [7, 11) is 1.73. The smallest absolute Gasteiger partial charge is 0.142 e. The third-order valence-electron chi connectivity index (χ3n) is 4.19. The molecule has 1 aromatic rings. The number of ether oxygens (including phenoxy) is 1. The first-order valence-corrected chi connectivity index (χ1v) is 7.45. The number of hydrogen-bond acceptors (Lipinski definition) is 4. The first-order chi connectivity index (χ1) is 9.55. The molecule has 1 aliphatic heterocycles. The van der Waals surface area contributed by atoms with Crippen molar-refractivity contribution in [2.75, 3.05) is 44.7 Å². The minimum absolute atomic E-state index is 0.0768. The maximum Gasteiger partial charge on any atom is 0.142 e. The van der Waals surface area contributed by atoms with Gasteiger partial charge in [-0.15, -0.1) is 0 Å². The number of nitrogens with two attached hydrogens (primary N) is 1. The van der Waals surface area contributed by atoms with E-state index in [0.717, 1.165) is 44.9 Å². The van der Waals surface area contributed by atoms with Crippen LogP contribution in [-0.4, -0.2) is 50.3 Å². The molecule has 2 N–H and O–H groups in total. The fourth-order valence-corrected chi connectivity index (χ4v) is 2.66. The average molecular weight is 277 g/mol. The summed E-state index contributed by atoms with van der Waals surface area (Å²) in [5.74, 6) is 0.957. The van der Waals surface area contributed by atoms with Gasteiger partial charge in [-0.1, -0.05) is 19.1 Å². The third kappa shape index (κ3) is 3.64. The van der Waals surface area contributed by atoms with Crippen LogP contribution in [0.4, 0.5) is 5.69 Å². The van der Waals surface area contributed by atoms with Gasteiger partial charge in [-0.25, -0.2) is 0 Å². The lowest BCUT2D eigenvalue weighted by atomic mass is 9.99. The molecule has 4 heteroatoms. The standard InChI is InChI=1S/C16H27N3O/c1-4-16(2,17)13-18-9-11-19(12-10-18)14-7-5-6-8-15(14)20-3/h5-8H,4,9-13,17H2,1-3H3. The summed E-state index contributed by atoms with van der Waals surface area (Å²) in [6, 6.07) is 8.24. The molecule has 1 unspecified atom stereocenters. The van der Waals surface area contributed by atoms with E-state index in [-0.39, 0.29) is 5.54 Å². The molecular formula is C16H27N3O. The lowest BCUT2D eigenvalue weighted by Gasteiger charge is -2.39. The molecule has 1 fully saturated rings. The van der Waals surface area contributed by atoms with Crippen molar-refractivity contribution in [1.29, 1.82) is 0 Å². The van der Waals surface area contributed by atoms with Gasteiger partial charge in [0, 0.05) is 38.3 Å². The van der Waals surface area contributed by atoms with Crippen LogP contribution in [0.1, 0.15) is 20.3 Å². The number of hydrogen-bond donors (Lipinski definition) is 1. The van der Waals surface area contributed by atoms with Gasteiger partial charge in [-0.3, -0.25) is 4.90 Å². The fraction of sp³-hybridized carbons (Fsp3) is 0.625. The van der Waals surface area contributed by atoms with Gasteiger partial charge >= 0.3 is 0 Å². The van der Waals surface area contributed by atoms with E-state index in [0.29, 0.717) is 0 Å². The van der Waals surface area contributed by atoms with E-state index in [1.165, 1.54) is 5.69 Å². The fourth-order valence-electron chi connectivity index (χ4n) is 2.66. The molecule has 2 rings (SSSR count). The number of piperazine rings is 1. The first-order valence-electron chi connectivity index (χ1n) is 7.45. The van der Waals surface area contributed by atoms with Crippen LogP contribution in [-0.2, 0) is 0 Å². The van der Waals surface area contributed by atoms with Crippen LogP contribution < -0.4 is 15.4 Å². The molecule has 20 heavy (non-hydrogen) atoms. The second-order valence-electron chi connectivity index (χ2n) is 5.94. The largest absolute Gasteiger partial charge is 0.495 e. The van der Waals surface area contributed by atoms with Gasteiger partial charge in [0.05, 0.1) is 12.8 Å². The Labute approximate surface area is 122 Å². The molecule has 0 saturated carbocycles. The van der Waals surface area contributed by atoms with E-state index in [9.17, 15) is 0 Å². The molecule has 0 bridgehead atoms. The Morgan fingerprint density at radius 1 is 1.20 bits per heavy atom. The summed E-state index contributed by atoms with van der Waals surface area (Å²) in [5.41, 5.74) is 7.38. The molecule has 0 radical (unpaired) electrons. The highest BCUT2D eigenvalue weighted by atomic mass is 16.5. The molecule has 0 spiro atoms. The lowest BCUT2D eigenvalue weighted by Crippen LogP contribution is -2.54. The maximum atomic E-state index is 6.26. The molecule has 112 valence electrons. The molecule has 1 aliphatic rings.